The zero-order chi connectivity index (χ0) is 12.1. The monoisotopic (exact) mass is 225 g/mol. The summed E-state index contributed by atoms with van der Waals surface area (Å²) in [5.74, 6) is 0.733. The van der Waals surface area contributed by atoms with Crippen molar-refractivity contribution in [2.24, 2.45) is 10.9 Å². The second-order valence-electron chi connectivity index (χ2n) is 4.46. The molecule has 0 aliphatic heterocycles. The Balaban J connectivity index is 2.78. The van der Waals surface area contributed by atoms with E-state index in [-0.39, 0.29) is 5.83 Å². The van der Waals surface area contributed by atoms with Crippen molar-refractivity contribution >= 4 is 5.71 Å². The van der Waals surface area contributed by atoms with Gasteiger partial charge in [0.2, 0.25) is 0 Å². The number of hydrogen-bond donors (Lipinski definition) is 0. The fourth-order valence-corrected chi connectivity index (χ4v) is 1.55. The molecule has 0 unspecified atom stereocenters. The molecule has 0 aromatic rings. The number of hydrogen-bond acceptors (Lipinski definition) is 2. The van der Waals surface area contributed by atoms with Crippen LogP contribution in [0.2, 0.25) is 0 Å². The number of allylic oxidation sites excluding steroid dienone is 3. The van der Waals surface area contributed by atoms with E-state index < -0.39 is 0 Å². The van der Waals surface area contributed by atoms with E-state index in [0.29, 0.717) is 24.5 Å². The van der Waals surface area contributed by atoms with E-state index in [4.69, 9.17) is 4.74 Å². The van der Waals surface area contributed by atoms with Gasteiger partial charge in [-0.3, -0.25) is 4.99 Å². The highest BCUT2D eigenvalue weighted by Crippen LogP contribution is 2.26. The lowest BCUT2D eigenvalue weighted by Crippen LogP contribution is -2.07. The van der Waals surface area contributed by atoms with Gasteiger partial charge in [-0.15, -0.1) is 0 Å². The topological polar surface area (TPSA) is 21.6 Å². The van der Waals surface area contributed by atoms with Gasteiger partial charge in [0.15, 0.2) is 5.76 Å². The zero-order valence-corrected chi connectivity index (χ0v) is 10.5. The summed E-state index contributed by atoms with van der Waals surface area (Å²) in [4.78, 5) is 4.49. The smallest absolute Gasteiger partial charge is 0.150 e. The standard InChI is InChI=1S/C13H20FNO/c1-9(2)8-15-10(3)11-5-6-12(14)13(7-11)16-4/h7,9H,5-6,8H2,1-4H3. The molecule has 0 bridgehead atoms. The summed E-state index contributed by atoms with van der Waals surface area (Å²) >= 11 is 0. The van der Waals surface area contributed by atoms with Crippen LogP contribution in [0.5, 0.6) is 0 Å². The summed E-state index contributed by atoms with van der Waals surface area (Å²) in [6.07, 6.45) is 2.90. The van der Waals surface area contributed by atoms with E-state index in [9.17, 15) is 4.39 Å². The highest BCUT2D eigenvalue weighted by atomic mass is 19.1. The quantitative estimate of drug-likeness (QED) is 0.669. The molecule has 16 heavy (non-hydrogen) atoms. The van der Waals surface area contributed by atoms with Crippen LogP contribution in [-0.2, 0) is 4.74 Å². The molecule has 0 aromatic heterocycles. The van der Waals surface area contributed by atoms with Crippen molar-refractivity contribution in [2.75, 3.05) is 13.7 Å². The minimum absolute atomic E-state index is 0.164. The second-order valence-corrected chi connectivity index (χ2v) is 4.46. The molecule has 0 aromatic carbocycles. The first kappa shape index (κ1) is 12.9. The average Bonchev–Trinajstić information content (AvgIpc) is 2.26. The van der Waals surface area contributed by atoms with Crippen molar-refractivity contribution < 1.29 is 9.13 Å². The maximum Gasteiger partial charge on any atom is 0.150 e. The molecule has 1 aliphatic rings. The van der Waals surface area contributed by atoms with Crippen molar-refractivity contribution in [3.63, 3.8) is 0 Å². The highest BCUT2D eigenvalue weighted by molar-refractivity contribution is 5.98. The number of methoxy groups -OCH3 is 1. The second kappa shape index (κ2) is 5.83. The normalized spacial score (nSPS) is 17.9. The number of nitrogens with zero attached hydrogens (tertiary/aromatic N) is 1. The predicted molar refractivity (Wildman–Crippen MR) is 65.3 cm³/mol. The molecule has 0 amide bonds. The molecule has 0 saturated carbocycles. The molecule has 0 radical (unpaired) electrons. The summed E-state index contributed by atoms with van der Waals surface area (Å²) in [6, 6.07) is 0. The summed E-state index contributed by atoms with van der Waals surface area (Å²) in [5, 5.41) is 0. The van der Waals surface area contributed by atoms with Crippen molar-refractivity contribution in [1.29, 1.82) is 0 Å². The fraction of sp³-hybridized carbons (Fsp3) is 0.615. The molecule has 0 saturated heterocycles. The van der Waals surface area contributed by atoms with Gasteiger partial charge in [-0.05, 0) is 30.9 Å². The minimum atomic E-state index is -0.164. The Morgan fingerprint density at radius 3 is 2.75 bits per heavy atom. The fourth-order valence-electron chi connectivity index (χ4n) is 1.55. The molecular formula is C13H20FNO. The summed E-state index contributed by atoms with van der Waals surface area (Å²) < 4.78 is 18.3. The summed E-state index contributed by atoms with van der Waals surface area (Å²) in [7, 11) is 1.49. The summed E-state index contributed by atoms with van der Waals surface area (Å²) in [5.41, 5.74) is 2.08. The SMILES string of the molecule is COC1=C(F)CCC(C(C)=NCC(C)C)=C1. The van der Waals surface area contributed by atoms with Gasteiger partial charge in [-0.25, -0.2) is 4.39 Å². The lowest BCUT2D eigenvalue weighted by atomic mass is 9.99. The Labute approximate surface area is 96.9 Å². The lowest BCUT2D eigenvalue weighted by molar-refractivity contribution is 0.284. The van der Waals surface area contributed by atoms with Crippen LogP contribution in [0.15, 0.2) is 28.2 Å². The molecule has 90 valence electrons. The molecule has 0 heterocycles. The highest BCUT2D eigenvalue weighted by Gasteiger charge is 2.15. The molecule has 0 fully saturated rings. The van der Waals surface area contributed by atoms with E-state index in [1.807, 2.05) is 6.92 Å². The maximum atomic E-state index is 13.3. The van der Waals surface area contributed by atoms with Gasteiger partial charge in [-0.1, -0.05) is 13.8 Å². The molecule has 0 spiro atoms. The van der Waals surface area contributed by atoms with Crippen LogP contribution in [-0.4, -0.2) is 19.4 Å². The van der Waals surface area contributed by atoms with Gasteiger partial charge >= 0.3 is 0 Å². The summed E-state index contributed by atoms with van der Waals surface area (Å²) in [6.45, 7) is 7.06. The van der Waals surface area contributed by atoms with Gasteiger partial charge in [0.05, 0.1) is 7.11 Å². The minimum Gasteiger partial charge on any atom is -0.494 e. The van der Waals surface area contributed by atoms with Crippen LogP contribution in [0.1, 0.15) is 33.6 Å². The van der Waals surface area contributed by atoms with Gasteiger partial charge in [0.25, 0.3) is 0 Å². The van der Waals surface area contributed by atoms with Crippen LogP contribution in [0.25, 0.3) is 0 Å². The molecule has 1 rings (SSSR count). The van der Waals surface area contributed by atoms with Crippen molar-refractivity contribution in [1.82, 2.24) is 0 Å². The zero-order valence-electron chi connectivity index (χ0n) is 10.5. The van der Waals surface area contributed by atoms with Gasteiger partial charge in [0.1, 0.15) is 5.83 Å². The molecule has 3 heteroatoms. The van der Waals surface area contributed by atoms with E-state index in [1.165, 1.54) is 7.11 Å². The molecule has 1 aliphatic carbocycles. The predicted octanol–water partition coefficient (Wildman–Crippen LogP) is 3.65. The third kappa shape index (κ3) is 3.47. The lowest BCUT2D eigenvalue weighted by Gasteiger charge is -2.15. The van der Waals surface area contributed by atoms with Gasteiger partial charge in [-0.2, -0.15) is 0 Å². The Kier molecular flexibility index (Phi) is 4.71. The van der Waals surface area contributed by atoms with Gasteiger partial charge in [0, 0.05) is 18.7 Å². The van der Waals surface area contributed by atoms with E-state index in [1.54, 1.807) is 6.08 Å². The Morgan fingerprint density at radius 1 is 1.50 bits per heavy atom. The molecule has 0 N–H and O–H groups in total. The third-order valence-corrected chi connectivity index (χ3v) is 2.56. The maximum absolute atomic E-state index is 13.3. The van der Waals surface area contributed by atoms with Crippen molar-refractivity contribution in [2.45, 2.75) is 33.6 Å². The molecule has 2 nitrogen and oxygen atoms in total. The Morgan fingerprint density at radius 2 is 2.19 bits per heavy atom. The van der Waals surface area contributed by atoms with Crippen molar-refractivity contribution in [3.05, 3.63) is 23.2 Å². The molecule has 0 atom stereocenters. The van der Waals surface area contributed by atoms with Crippen LogP contribution in [0, 0.1) is 5.92 Å². The third-order valence-electron chi connectivity index (χ3n) is 2.56. The first-order valence-electron chi connectivity index (χ1n) is 5.69. The largest absolute Gasteiger partial charge is 0.494 e. The first-order valence-corrected chi connectivity index (χ1v) is 5.69. The Hall–Kier alpha value is -1.12. The molecular weight excluding hydrogens is 205 g/mol. The van der Waals surface area contributed by atoms with Crippen LogP contribution in [0.4, 0.5) is 4.39 Å². The van der Waals surface area contributed by atoms with Crippen LogP contribution < -0.4 is 0 Å². The van der Waals surface area contributed by atoms with E-state index in [0.717, 1.165) is 17.8 Å². The number of aliphatic imine (C=N–C) groups is 1. The van der Waals surface area contributed by atoms with Gasteiger partial charge < -0.3 is 4.74 Å². The van der Waals surface area contributed by atoms with E-state index >= 15 is 0 Å². The first-order chi connectivity index (χ1) is 7.54. The van der Waals surface area contributed by atoms with Crippen LogP contribution >= 0.6 is 0 Å². The van der Waals surface area contributed by atoms with E-state index in [2.05, 4.69) is 18.8 Å². The van der Waals surface area contributed by atoms with Crippen LogP contribution in [0.3, 0.4) is 0 Å². The number of ether oxygens (including phenoxy) is 1. The Bertz CT molecular complexity index is 340. The average molecular weight is 225 g/mol. The number of rotatable bonds is 4. The number of halogens is 1. The van der Waals surface area contributed by atoms with Crippen molar-refractivity contribution in [3.8, 4) is 0 Å².